The van der Waals surface area contributed by atoms with Gasteiger partial charge in [-0.3, -0.25) is 9.59 Å². The van der Waals surface area contributed by atoms with Crippen LogP contribution in [-0.4, -0.2) is 47.4 Å². The number of amides is 1. The van der Waals surface area contributed by atoms with E-state index >= 15 is 0 Å². The number of nitrogens with one attached hydrogen (secondary N) is 1. The Morgan fingerprint density at radius 1 is 0.315 bits per heavy atom. The average molecular weight is 1250 g/mol. The Morgan fingerprint density at radius 3 is 0.854 bits per heavy atom. The topological polar surface area (TPSA) is 95.9 Å². The molecular weight excluding hydrogens is 1090 g/mol. The van der Waals surface area contributed by atoms with Crippen LogP contribution in [0.2, 0.25) is 0 Å². The Morgan fingerprint density at radius 2 is 0.562 bits per heavy atom. The molecule has 89 heavy (non-hydrogen) atoms. The molecule has 0 aromatic heterocycles. The maximum atomic E-state index is 12.6. The van der Waals surface area contributed by atoms with Gasteiger partial charge >= 0.3 is 5.97 Å². The van der Waals surface area contributed by atoms with Gasteiger partial charge in [-0.25, -0.2) is 0 Å². The molecule has 0 saturated heterocycles. The number of carbonyl (C=O) groups is 2. The van der Waals surface area contributed by atoms with Gasteiger partial charge in [0.25, 0.3) is 0 Å². The normalized spacial score (nSPS) is 12.5. The third-order valence-electron chi connectivity index (χ3n) is 19.5. The van der Waals surface area contributed by atoms with Crippen molar-refractivity contribution in [2.45, 2.75) is 482 Å². The Kier molecular flexibility index (Phi) is 77.3. The summed E-state index contributed by atoms with van der Waals surface area (Å²) in [4.78, 5) is 24.6. The number of hydrogen-bond acceptors (Lipinski definition) is 5. The van der Waals surface area contributed by atoms with Crippen molar-refractivity contribution in [3.63, 3.8) is 0 Å². The Balaban J connectivity index is 3.36. The number of rotatable bonds is 78. The van der Waals surface area contributed by atoms with E-state index < -0.39 is 12.1 Å². The van der Waals surface area contributed by atoms with Gasteiger partial charge in [0.15, 0.2) is 0 Å². The van der Waals surface area contributed by atoms with E-state index in [2.05, 4.69) is 43.5 Å². The van der Waals surface area contributed by atoms with Crippen molar-refractivity contribution in [3.8, 4) is 0 Å². The zero-order valence-corrected chi connectivity index (χ0v) is 60.7. The molecule has 1 amide bonds. The minimum Gasteiger partial charge on any atom is -0.466 e. The zero-order chi connectivity index (χ0) is 64.2. The summed E-state index contributed by atoms with van der Waals surface area (Å²) >= 11 is 0. The van der Waals surface area contributed by atoms with Crippen molar-refractivity contribution < 1.29 is 24.5 Å². The van der Waals surface area contributed by atoms with Gasteiger partial charge in [0.1, 0.15) is 0 Å². The molecule has 0 rings (SSSR count). The van der Waals surface area contributed by atoms with Gasteiger partial charge in [-0.1, -0.05) is 423 Å². The highest BCUT2D eigenvalue weighted by atomic mass is 16.5. The first-order valence-corrected chi connectivity index (χ1v) is 41.1. The number of ether oxygens (including phenoxy) is 1. The fraction of sp³-hybridized carbons (Fsp3) is 0.928. The minimum absolute atomic E-state index is 0.0204. The Labute approximate surface area is 558 Å². The molecule has 6 heteroatoms. The van der Waals surface area contributed by atoms with Crippen LogP contribution in [0.1, 0.15) is 470 Å². The van der Waals surface area contributed by atoms with Gasteiger partial charge in [-0.15, -0.1) is 0 Å². The number of esters is 1. The monoisotopic (exact) mass is 1250 g/mol. The number of hydrogen-bond donors (Lipinski definition) is 3. The highest BCUT2D eigenvalue weighted by Crippen LogP contribution is 2.20. The number of carbonyl (C=O) groups excluding carboxylic acids is 2. The maximum Gasteiger partial charge on any atom is 0.305 e. The second-order valence-corrected chi connectivity index (χ2v) is 28.5. The highest BCUT2D eigenvalue weighted by molar-refractivity contribution is 5.76. The van der Waals surface area contributed by atoms with Gasteiger partial charge < -0.3 is 20.3 Å². The van der Waals surface area contributed by atoms with Gasteiger partial charge in [0.2, 0.25) is 5.91 Å². The predicted octanol–water partition coefficient (Wildman–Crippen LogP) is 27.2. The molecule has 0 fully saturated rings. The van der Waals surface area contributed by atoms with Crippen LogP contribution in [0.25, 0.3) is 0 Å². The van der Waals surface area contributed by atoms with E-state index in [9.17, 15) is 19.8 Å². The first kappa shape index (κ1) is 87.3. The summed E-state index contributed by atoms with van der Waals surface area (Å²) in [6, 6.07) is -0.540. The van der Waals surface area contributed by atoms with Gasteiger partial charge in [0, 0.05) is 12.8 Å². The summed E-state index contributed by atoms with van der Waals surface area (Å²) in [6.45, 7) is 5.01. The molecule has 528 valence electrons. The first-order valence-electron chi connectivity index (χ1n) is 41.1. The second-order valence-electron chi connectivity index (χ2n) is 28.5. The van der Waals surface area contributed by atoms with Crippen molar-refractivity contribution in [1.29, 1.82) is 0 Å². The molecule has 0 spiro atoms. The molecule has 0 aromatic carbocycles. The lowest BCUT2D eigenvalue weighted by Gasteiger charge is -2.22. The number of aliphatic hydroxyl groups excluding tert-OH is 2. The molecule has 6 nitrogen and oxygen atoms in total. The van der Waals surface area contributed by atoms with Crippen LogP contribution in [0.5, 0.6) is 0 Å². The van der Waals surface area contributed by atoms with Crippen LogP contribution in [0, 0.1) is 0 Å². The number of unbranched alkanes of at least 4 members (excludes halogenated alkanes) is 63. The fourth-order valence-electron chi connectivity index (χ4n) is 13.3. The number of allylic oxidation sites excluding steroid dienone is 4. The van der Waals surface area contributed by atoms with Gasteiger partial charge in [-0.05, 0) is 57.8 Å². The van der Waals surface area contributed by atoms with E-state index in [1.807, 2.05) is 0 Å². The summed E-state index contributed by atoms with van der Waals surface area (Å²) in [5, 5.41) is 23.5. The summed E-state index contributed by atoms with van der Waals surface area (Å²) in [6.07, 6.45) is 101. The molecule has 0 aliphatic carbocycles. The predicted molar refractivity (Wildman–Crippen MR) is 393 cm³/mol. The van der Waals surface area contributed by atoms with E-state index in [1.165, 1.54) is 392 Å². The standard InChI is InChI=1S/C83H161NO5/c1-3-5-7-9-11-13-15-17-18-19-20-21-37-40-43-46-49-52-55-59-63-67-71-75-81(86)80(79-85)84-82(87)76-72-68-64-60-56-53-50-47-44-41-38-35-33-31-29-27-25-23-22-24-26-28-30-32-34-36-39-42-45-48-51-54-58-62-66-70-74-78-89-83(88)77-73-69-65-61-57-16-14-12-10-8-6-4-2/h22,24,28,30,80-81,85-86H,3-21,23,25-27,29,31-79H2,1-2H3,(H,84,87)/b24-22-,30-28-. The fourth-order valence-corrected chi connectivity index (χ4v) is 13.3. The van der Waals surface area contributed by atoms with E-state index in [0.717, 1.165) is 44.9 Å². The van der Waals surface area contributed by atoms with Crippen LogP contribution >= 0.6 is 0 Å². The quantitative estimate of drug-likeness (QED) is 0.0320. The average Bonchev–Trinajstić information content (AvgIpc) is 3.68. The maximum absolute atomic E-state index is 12.6. The second kappa shape index (κ2) is 78.8. The Bertz CT molecular complexity index is 1400. The SMILES string of the molecule is CCCCCCCCCCCCCCCCCCCCCCCCCC(O)C(CO)NC(=O)CCCCCCCCCCCCCCCCCCC/C=C\C/C=C\CCCCCCCCCCCCCCCOC(=O)CCCCCCCCCCCCCC. The minimum atomic E-state index is -0.664. The van der Waals surface area contributed by atoms with Crippen molar-refractivity contribution in [3.05, 3.63) is 24.3 Å². The molecular formula is C83H161NO5. The molecule has 2 unspecified atom stereocenters. The van der Waals surface area contributed by atoms with Crippen LogP contribution in [0.15, 0.2) is 24.3 Å². The van der Waals surface area contributed by atoms with Gasteiger partial charge in [-0.2, -0.15) is 0 Å². The summed E-state index contributed by atoms with van der Waals surface area (Å²) in [5.41, 5.74) is 0. The van der Waals surface area contributed by atoms with Crippen molar-refractivity contribution in [1.82, 2.24) is 5.32 Å². The molecule has 0 bridgehead atoms. The smallest absolute Gasteiger partial charge is 0.305 e. The molecule has 0 heterocycles. The lowest BCUT2D eigenvalue weighted by Crippen LogP contribution is -2.45. The number of aliphatic hydroxyl groups is 2. The van der Waals surface area contributed by atoms with Gasteiger partial charge in [0.05, 0.1) is 25.4 Å². The van der Waals surface area contributed by atoms with E-state index in [1.54, 1.807) is 0 Å². The largest absolute Gasteiger partial charge is 0.466 e. The molecule has 2 atom stereocenters. The lowest BCUT2D eigenvalue weighted by atomic mass is 10.0. The highest BCUT2D eigenvalue weighted by Gasteiger charge is 2.20. The van der Waals surface area contributed by atoms with E-state index in [0.29, 0.717) is 25.9 Å². The summed E-state index contributed by atoms with van der Waals surface area (Å²) in [7, 11) is 0. The van der Waals surface area contributed by atoms with E-state index in [-0.39, 0.29) is 18.5 Å². The first-order chi connectivity index (χ1) is 44.0. The molecule has 0 aliphatic rings. The third kappa shape index (κ3) is 75.3. The molecule has 0 aliphatic heterocycles. The molecule has 3 N–H and O–H groups in total. The molecule has 0 radical (unpaired) electrons. The molecule has 0 aromatic rings. The van der Waals surface area contributed by atoms with Crippen LogP contribution in [-0.2, 0) is 14.3 Å². The van der Waals surface area contributed by atoms with Crippen molar-refractivity contribution >= 4 is 11.9 Å². The lowest BCUT2D eigenvalue weighted by molar-refractivity contribution is -0.143. The van der Waals surface area contributed by atoms with Crippen LogP contribution < -0.4 is 5.32 Å². The third-order valence-corrected chi connectivity index (χ3v) is 19.5. The summed E-state index contributed by atoms with van der Waals surface area (Å²) < 4.78 is 5.49. The van der Waals surface area contributed by atoms with E-state index in [4.69, 9.17) is 4.74 Å². The zero-order valence-electron chi connectivity index (χ0n) is 60.7. The van der Waals surface area contributed by atoms with Crippen LogP contribution in [0.3, 0.4) is 0 Å². The Hall–Kier alpha value is -1.66. The molecule has 0 saturated carbocycles. The van der Waals surface area contributed by atoms with Crippen LogP contribution in [0.4, 0.5) is 0 Å². The van der Waals surface area contributed by atoms with Crippen molar-refractivity contribution in [2.24, 2.45) is 0 Å². The van der Waals surface area contributed by atoms with Crippen molar-refractivity contribution in [2.75, 3.05) is 13.2 Å². The summed E-state index contributed by atoms with van der Waals surface area (Å²) in [5.74, 6) is -0.00595.